The Morgan fingerprint density at radius 2 is 1.79 bits per heavy atom. The molecule has 3 atom stereocenters. The lowest BCUT2D eigenvalue weighted by atomic mass is 10.1. The fourth-order valence-corrected chi connectivity index (χ4v) is 3.03. The number of aromatic nitrogens is 1. The van der Waals surface area contributed by atoms with E-state index in [1.54, 1.807) is 6.92 Å². The number of nitrogens with zero attached hydrogens (tertiary/aromatic N) is 1. The van der Waals surface area contributed by atoms with E-state index < -0.39 is 30.0 Å². The van der Waals surface area contributed by atoms with Gasteiger partial charge in [0.25, 0.3) is 5.91 Å². The highest BCUT2D eigenvalue weighted by atomic mass is 16.6. The Morgan fingerprint density at radius 1 is 1.09 bits per heavy atom. The molecule has 178 valence electrons. The van der Waals surface area contributed by atoms with Crippen molar-refractivity contribution in [3.8, 4) is 17.2 Å². The molecule has 33 heavy (non-hydrogen) atoms. The Hall–Kier alpha value is -3.62. The molecule has 1 aromatic carbocycles. The molecule has 9 nitrogen and oxygen atoms in total. The van der Waals surface area contributed by atoms with E-state index in [9.17, 15) is 14.4 Å². The molecule has 0 aliphatic heterocycles. The number of pyridine rings is 1. The van der Waals surface area contributed by atoms with Crippen LogP contribution in [0.4, 0.5) is 0 Å². The van der Waals surface area contributed by atoms with Crippen LogP contribution in [-0.4, -0.2) is 48.2 Å². The highest BCUT2D eigenvalue weighted by Gasteiger charge is 2.28. The molecular weight excluding hydrogens is 428 g/mol. The lowest BCUT2D eigenvalue weighted by Gasteiger charge is -2.26. The van der Waals surface area contributed by atoms with Crippen LogP contribution in [0.3, 0.4) is 0 Å². The second-order valence-corrected chi connectivity index (χ2v) is 7.38. The average molecular weight is 459 g/mol. The minimum absolute atomic E-state index is 0.127. The molecular formula is C24H30N2O7. The third-order valence-corrected chi connectivity index (χ3v) is 4.68. The van der Waals surface area contributed by atoms with Gasteiger partial charge in [0, 0.05) is 19.2 Å². The van der Waals surface area contributed by atoms with Gasteiger partial charge < -0.3 is 24.3 Å². The Bertz CT molecular complexity index is 949. The van der Waals surface area contributed by atoms with Gasteiger partial charge in [-0.25, -0.2) is 9.78 Å². The van der Waals surface area contributed by atoms with Crippen LogP contribution in [-0.2, 0) is 14.3 Å². The molecule has 0 unspecified atom stereocenters. The zero-order chi connectivity index (χ0) is 24.4. The standard InChI is InChI=1S/C24H30N2O7/c1-6-10-19(33-18-11-8-7-9-12-18)16(3)31-24(29)15(2)26-23(28)21-22(32-17(4)27)20(30-5)13-14-25-21/h7-9,11-16,19H,6,10H2,1-5H3,(H,26,28)/t15-,16-,19+/m0/s1. The second kappa shape index (κ2) is 12.4. The summed E-state index contributed by atoms with van der Waals surface area (Å²) >= 11 is 0. The first-order chi connectivity index (χ1) is 15.8. The Kier molecular flexibility index (Phi) is 9.65. The van der Waals surface area contributed by atoms with Crippen molar-refractivity contribution in [1.29, 1.82) is 0 Å². The monoisotopic (exact) mass is 458 g/mol. The molecule has 0 fully saturated rings. The summed E-state index contributed by atoms with van der Waals surface area (Å²) in [4.78, 5) is 40.8. The van der Waals surface area contributed by atoms with Crippen LogP contribution in [0.1, 0.15) is 51.0 Å². The van der Waals surface area contributed by atoms with E-state index in [2.05, 4.69) is 10.3 Å². The molecule has 1 N–H and O–H groups in total. The third-order valence-electron chi connectivity index (χ3n) is 4.68. The van der Waals surface area contributed by atoms with Gasteiger partial charge in [-0.2, -0.15) is 0 Å². The largest absolute Gasteiger partial charge is 0.493 e. The van der Waals surface area contributed by atoms with E-state index in [0.717, 1.165) is 6.42 Å². The normalized spacial score (nSPS) is 13.2. The summed E-state index contributed by atoms with van der Waals surface area (Å²) in [5, 5.41) is 2.52. The minimum Gasteiger partial charge on any atom is -0.493 e. The van der Waals surface area contributed by atoms with Crippen LogP contribution in [0.15, 0.2) is 42.6 Å². The molecule has 0 saturated heterocycles. The van der Waals surface area contributed by atoms with Crippen molar-refractivity contribution in [3.63, 3.8) is 0 Å². The molecule has 0 aliphatic rings. The molecule has 9 heteroatoms. The van der Waals surface area contributed by atoms with Crippen molar-refractivity contribution < 1.29 is 33.3 Å². The number of ether oxygens (including phenoxy) is 4. The van der Waals surface area contributed by atoms with Gasteiger partial charge in [0.2, 0.25) is 5.75 Å². The smallest absolute Gasteiger partial charge is 0.328 e. The molecule has 1 aromatic heterocycles. The van der Waals surface area contributed by atoms with Crippen molar-refractivity contribution >= 4 is 17.8 Å². The van der Waals surface area contributed by atoms with Crippen molar-refractivity contribution in [2.24, 2.45) is 0 Å². The van der Waals surface area contributed by atoms with E-state index in [0.29, 0.717) is 12.2 Å². The Morgan fingerprint density at radius 3 is 2.39 bits per heavy atom. The summed E-state index contributed by atoms with van der Waals surface area (Å²) in [6.45, 7) is 6.45. The lowest BCUT2D eigenvalue weighted by molar-refractivity contribution is -0.154. The van der Waals surface area contributed by atoms with Crippen molar-refractivity contribution in [3.05, 3.63) is 48.3 Å². The molecule has 0 radical (unpaired) electrons. The van der Waals surface area contributed by atoms with Crippen LogP contribution in [0.5, 0.6) is 17.2 Å². The van der Waals surface area contributed by atoms with E-state index in [4.69, 9.17) is 18.9 Å². The average Bonchev–Trinajstić information content (AvgIpc) is 2.79. The van der Waals surface area contributed by atoms with E-state index in [-0.39, 0.29) is 23.3 Å². The second-order valence-electron chi connectivity index (χ2n) is 7.38. The number of hydrogen-bond acceptors (Lipinski definition) is 8. The number of rotatable bonds is 11. The number of benzene rings is 1. The zero-order valence-corrected chi connectivity index (χ0v) is 19.5. The maximum absolute atomic E-state index is 12.7. The van der Waals surface area contributed by atoms with Crippen LogP contribution in [0, 0.1) is 0 Å². The highest BCUT2D eigenvalue weighted by molar-refractivity contribution is 5.98. The number of carbonyl (C=O) groups excluding carboxylic acids is 3. The topological polar surface area (TPSA) is 113 Å². The molecule has 0 spiro atoms. The number of hydrogen-bond donors (Lipinski definition) is 1. The molecule has 1 heterocycles. The summed E-state index contributed by atoms with van der Waals surface area (Å²) in [6.07, 6.45) is 1.96. The van der Waals surface area contributed by atoms with Crippen LogP contribution in [0.2, 0.25) is 0 Å². The number of methoxy groups -OCH3 is 1. The number of amides is 1. The van der Waals surface area contributed by atoms with Gasteiger partial charge in [-0.1, -0.05) is 31.5 Å². The van der Waals surface area contributed by atoms with Gasteiger partial charge in [-0.15, -0.1) is 0 Å². The Balaban J connectivity index is 2.06. The van der Waals surface area contributed by atoms with Crippen LogP contribution >= 0.6 is 0 Å². The fourth-order valence-electron chi connectivity index (χ4n) is 3.03. The quantitative estimate of drug-likeness (QED) is 0.510. The van der Waals surface area contributed by atoms with Gasteiger partial charge in [0.05, 0.1) is 7.11 Å². The van der Waals surface area contributed by atoms with Gasteiger partial charge >= 0.3 is 11.9 Å². The highest BCUT2D eigenvalue weighted by Crippen LogP contribution is 2.29. The molecule has 0 bridgehead atoms. The van der Waals surface area contributed by atoms with Crippen LogP contribution in [0.25, 0.3) is 0 Å². The van der Waals surface area contributed by atoms with Gasteiger partial charge in [0.15, 0.2) is 11.4 Å². The first-order valence-electron chi connectivity index (χ1n) is 10.7. The Labute approximate surface area is 193 Å². The van der Waals surface area contributed by atoms with Crippen molar-refractivity contribution in [2.75, 3.05) is 7.11 Å². The van der Waals surface area contributed by atoms with Gasteiger partial charge in [-0.3, -0.25) is 9.59 Å². The molecule has 2 rings (SSSR count). The summed E-state index contributed by atoms with van der Waals surface area (Å²) in [6, 6.07) is 9.75. The summed E-state index contributed by atoms with van der Waals surface area (Å²) in [5.74, 6) is -1.27. The van der Waals surface area contributed by atoms with E-state index in [1.807, 2.05) is 37.3 Å². The number of para-hydroxylation sites is 1. The maximum Gasteiger partial charge on any atom is 0.328 e. The number of nitrogens with one attached hydrogen (secondary N) is 1. The number of carbonyl (C=O) groups is 3. The summed E-state index contributed by atoms with van der Waals surface area (Å²) in [5.41, 5.74) is -0.187. The summed E-state index contributed by atoms with van der Waals surface area (Å²) < 4.78 is 21.8. The third kappa shape index (κ3) is 7.48. The molecule has 0 saturated carbocycles. The zero-order valence-electron chi connectivity index (χ0n) is 19.5. The van der Waals surface area contributed by atoms with E-state index >= 15 is 0 Å². The number of esters is 2. The van der Waals surface area contributed by atoms with E-state index in [1.165, 1.54) is 33.2 Å². The van der Waals surface area contributed by atoms with Crippen molar-refractivity contribution in [1.82, 2.24) is 10.3 Å². The van der Waals surface area contributed by atoms with Gasteiger partial charge in [0.1, 0.15) is 24.0 Å². The maximum atomic E-state index is 12.7. The first-order valence-corrected chi connectivity index (χ1v) is 10.7. The fraction of sp³-hybridized carbons (Fsp3) is 0.417. The molecule has 0 aliphatic carbocycles. The summed E-state index contributed by atoms with van der Waals surface area (Å²) in [7, 11) is 1.37. The van der Waals surface area contributed by atoms with Gasteiger partial charge in [-0.05, 0) is 32.4 Å². The van der Waals surface area contributed by atoms with Crippen molar-refractivity contribution in [2.45, 2.75) is 58.8 Å². The first kappa shape index (κ1) is 25.6. The van der Waals surface area contributed by atoms with Crippen LogP contribution < -0.4 is 19.5 Å². The molecule has 2 aromatic rings. The SMILES string of the molecule is CCC[C@@H](Oc1ccccc1)[C@H](C)OC(=O)[C@H](C)NC(=O)c1nccc(OC)c1OC(C)=O. The molecule has 1 amide bonds. The predicted octanol–water partition coefficient (Wildman–Crippen LogP) is 3.31. The minimum atomic E-state index is -0.989. The lowest BCUT2D eigenvalue weighted by Crippen LogP contribution is -2.43. The predicted molar refractivity (Wildman–Crippen MR) is 120 cm³/mol.